The second kappa shape index (κ2) is 5.09. The van der Waals surface area contributed by atoms with E-state index >= 15 is 0 Å². The van der Waals surface area contributed by atoms with E-state index in [2.05, 4.69) is 10.3 Å². The van der Waals surface area contributed by atoms with Gasteiger partial charge in [0.25, 0.3) is 0 Å². The summed E-state index contributed by atoms with van der Waals surface area (Å²) in [6, 6.07) is 1.07. The summed E-state index contributed by atoms with van der Waals surface area (Å²) < 4.78 is 0. The topological polar surface area (TPSA) is 68.0 Å². The van der Waals surface area contributed by atoms with Gasteiger partial charge in [0.2, 0.25) is 5.91 Å². The molecular weight excluding hydrogens is 214 g/mol. The van der Waals surface area contributed by atoms with Crippen LogP contribution < -0.4 is 11.1 Å². The molecule has 0 spiro atoms. The minimum atomic E-state index is -0.540. The van der Waals surface area contributed by atoms with Gasteiger partial charge < -0.3 is 11.1 Å². The van der Waals surface area contributed by atoms with E-state index in [4.69, 9.17) is 17.3 Å². The molecule has 1 heterocycles. The molecule has 0 saturated heterocycles. The number of amides is 1. The van der Waals surface area contributed by atoms with Gasteiger partial charge in [-0.15, -0.1) is 0 Å². The summed E-state index contributed by atoms with van der Waals surface area (Å²) in [7, 11) is 0. The van der Waals surface area contributed by atoms with Crippen LogP contribution in [0, 0.1) is 5.92 Å². The largest absolute Gasteiger partial charge is 0.322 e. The Morgan fingerprint density at radius 2 is 2.27 bits per heavy atom. The van der Waals surface area contributed by atoms with E-state index in [9.17, 15) is 4.79 Å². The summed E-state index contributed by atoms with van der Waals surface area (Å²) in [5.74, 6) is -0.166. The first-order valence-electron chi connectivity index (χ1n) is 4.68. The SMILES string of the molecule is CC(C)[C@@H](N)C(=O)Nc1cnccc1Cl. The van der Waals surface area contributed by atoms with Crippen LogP contribution in [0.1, 0.15) is 13.8 Å². The molecule has 1 aromatic heterocycles. The number of aromatic nitrogens is 1. The number of halogens is 1. The highest BCUT2D eigenvalue weighted by molar-refractivity contribution is 6.33. The highest BCUT2D eigenvalue weighted by Crippen LogP contribution is 2.19. The van der Waals surface area contributed by atoms with E-state index in [0.717, 1.165) is 0 Å². The molecule has 1 amide bonds. The Morgan fingerprint density at radius 3 is 2.80 bits per heavy atom. The molecule has 1 rings (SSSR count). The van der Waals surface area contributed by atoms with E-state index in [1.807, 2.05) is 13.8 Å². The Balaban J connectivity index is 2.71. The van der Waals surface area contributed by atoms with E-state index in [1.54, 1.807) is 12.3 Å². The maximum atomic E-state index is 11.6. The summed E-state index contributed by atoms with van der Waals surface area (Å²) in [5.41, 5.74) is 6.17. The van der Waals surface area contributed by atoms with Crippen LogP contribution in [0.2, 0.25) is 5.02 Å². The van der Waals surface area contributed by atoms with Crippen molar-refractivity contribution in [2.75, 3.05) is 5.32 Å². The Bertz CT molecular complexity index is 354. The van der Waals surface area contributed by atoms with Crippen molar-refractivity contribution in [3.8, 4) is 0 Å². The van der Waals surface area contributed by atoms with E-state index < -0.39 is 6.04 Å². The highest BCUT2D eigenvalue weighted by atomic mass is 35.5. The Hall–Kier alpha value is -1.13. The van der Waals surface area contributed by atoms with Crippen molar-refractivity contribution in [1.29, 1.82) is 0 Å². The van der Waals surface area contributed by atoms with E-state index in [0.29, 0.717) is 10.7 Å². The summed E-state index contributed by atoms with van der Waals surface area (Å²) in [6.45, 7) is 3.77. The second-order valence-corrected chi connectivity index (χ2v) is 4.02. The molecule has 0 aromatic carbocycles. The molecule has 0 aliphatic carbocycles. The van der Waals surface area contributed by atoms with Crippen molar-refractivity contribution in [2.45, 2.75) is 19.9 Å². The number of nitrogens with zero attached hydrogens (tertiary/aromatic N) is 1. The molecule has 1 aromatic rings. The summed E-state index contributed by atoms with van der Waals surface area (Å²) >= 11 is 5.86. The molecule has 5 heteroatoms. The third-order valence-corrected chi connectivity index (χ3v) is 2.38. The number of nitrogens with one attached hydrogen (secondary N) is 1. The van der Waals surface area contributed by atoms with Gasteiger partial charge in [-0.25, -0.2) is 0 Å². The van der Waals surface area contributed by atoms with Crippen molar-refractivity contribution in [3.05, 3.63) is 23.5 Å². The van der Waals surface area contributed by atoms with Crippen molar-refractivity contribution in [3.63, 3.8) is 0 Å². The lowest BCUT2D eigenvalue weighted by Crippen LogP contribution is -2.39. The molecule has 0 bridgehead atoms. The molecule has 82 valence electrons. The number of nitrogens with two attached hydrogens (primary N) is 1. The number of hydrogen-bond donors (Lipinski definition) is 2. The van der Waals surface area contributed by atoms with Crippen molar-refractivity contribution in [2.24, 2.45) is 11.7 Å². The Labute approximate surface area is 93.8 Å². The number of carbonyl (C=O) groups excluding carboxylic acids is 1. The zero-order chi connectivity index (χ0) is 11.4. The standard InChI is InChI=1S/C10H14ClN3O/c1-6(2)9(12)10(15)14-8-5-13-4-3-7(8)11/h3-6,9H,12H2,1-2H3,(H,14,15)/t9-/m1/s1. The number of rotatable bonds is 3. The smallest absolute Gasteiger partial charge is 0.241 e. The average Bonchev–Trinajstić information content (AvgIpc) is 2.20. The van der Waals surface area contributed by atoms with Gasteiger partial charge in [-0.05, 0) is 12.0 Å². The van der Waals surface area contributed by atoms with Crippen molar-refractivity contribution >= 4 is 23.2 Å². The fourth-order valence-electron chi connectivity index (χ4n) is 0.988. The molecule has 0 aliphatic rings. The van der Waals surface area contributed by atoms with Gasteiger partial charge in [0.15, 0.2) is 0 Å². The lowest BCUT2D eigenvalue weighted by molar-refractivity contribution is -0.118. The normalized spacial score (nSPS) is 12.6. The fourth-order valence-corrected chi connectivity index (χ4v) is 1.14. The lowest BCUT2D eigenvalue weighted by Gasteiger charge is -2.15. The Morgan fingerprint density at radius 1 is 1.60 bits per heavy atom. The van der Waals surface area contributed by atoms with Gasteiger partial charge in [0.1, 0.15) is 0 Å². The van der Waals surface area contributed by atoms with Crippen LogP contribution in [-0.4, -0.2) is 16.9 Å². The predicted octanol–water partition coefficient (Wildman–Crippen LogP) is 1.66. The van der Waals surface area contributed by atoms with Crippen LogP contribution >= 0.6 is 11.6 Å². The molecule has 0 unspecified atom stereocenters. The monoisotopic (exact) mass is 227 g/mol. The van der Waals surface area contributed by atoms with Crippen LogP contribution in [-0.2, 0) is 4.79 Å². The molecule has 0 radical (unpaired) electrons. The maximum absolute atomic E-state index is 11.6. The highest BCUT2D eigenvalue weighted by Gasteiger charge is 2.17. The van der Waals surface area contributed by atoms with Crippen LogP contribution in [0.15, 0.2) is 18.5 Å². The zero-order valence-electron chi connectivity index (χ0n) is 8.70. The third-order valence-electron chi connectivity index (χ3n) is 2.05. The Kier molecular flexibility index (Phi) is 4.05. The second-order valence-electron chi connectivity index (χ2n) is 3.61. The molecule has 4 nitrogen and oxygen atoms in total. The number of carbonyl (C=O) groups is 1. The fraction of sp³-hybridized carbons (Fsp3) is 0.400. The minimum Gasteiger partial charge on any atom is -0.322 e. The van der Waals surface area contributed by atoms with Gasteiger partial charge >= 0.3 is 0 Å². The molecule has 15 heavy (non-hydrogen) atoms. The van der Waals surface area contributed by atoms with Gasteiger partial charge in [-0.2, -0.15) is 0 Å². The average molecular weight is 228 g/mol. The first-order valence-corrected chi connectivity index (χ1v) is 5.06. The number of pyridine rings is 1. The van der Waals surface area contributed by atoms with E-state index in [1.165, 1.54) is 6.20 Å². The molecule has 0 aliphatic heterocycles. The van der Waals surface area contributed by atoms with Gasteiger partial charge in [-0.1, -0.05) is 25.4 Å². The number of hydrogen-bond acceptors (Lipinski definition) is 3. The third kappa shape index (κ3) is 3.18. The van der Waals surface area contributed by atoms with Crippen molar-refractivity contribution < 1.29 is 4.79 Å². The molecular formula is C10H14ClN3O. The van der Waals surface area contributed by atoms with Gasteiger partial charge in [-0.3, -0.25) is 9.78 Å². The summed E-state index contributed by atoms with van der Waals surface area (Å²) in [5, 5.41) is 3.09. The summed E-state index contributed by atoms with van der Waals surface area (Å²) in [4.78, 5) is 15.4. The molecule has 0 fully saturated rings. The van der Waals surface area contributed by atoms with Crippen LogP contribution in [0.5, 0.6) is 0 Å². The predicted molar refractivity (Wildman–Crippen MR) is 60.7 cm³/mol. The summed E-state index contributed by atoms with van der Waals surface area (Å²) in [6.07, 6.45) is 3.05. The number of anilines is 1. The van der Waals surface area contributed by atoms with E-state index in [-0.39, 0.29) is 11.8 Å². The molecule has 1 atom stereocenters. The molecule has 3 N–H and O–H groups in total. The first kappa shape index (κ1) is 11.9. The van der Waals surface area contributed by atoms with Gasteiger partial charge in [0.05, 0.1) is 22.9 Å². The van der Waals surface area contributed by atoms with Crippen LogP contribution in [0.4, 0.5) is 5.69 Å². The molecule has 0 saturated carbocycles. The van der Waals surface area contributed by atoms with Crippen LogP contribution in [0.25, 0.3) is 0 Å². The first-order chi connectivity index (χ1) is 7.02. The lowest BCUT2D eigenvalue weighted by atomic mass is 10.1. The maximum Gasteiger partial charge on any atom is 0.241 e. The zero-order valence-corrected chi connectivity index (χ0v) is 9.45. The van der Waals surface area contributed by atoms with Gasteiger partial charge in [0, 0.05) is 6.20 Å². The van der Waals surface area contributed by atoms with Crippen LogP contribution in [0.3, 0.4) is 0 Å². The minimum absolute atomic E-state index is 0.0837. The van der Waals surface area contributed by atoms with Crippen molar-refractivity contribution in [1.82, 2.24) is 4.98 Å². The quantitative estimate of drug-likeness (QED) is 0.825.